The summed E-state index contributed by atoms with van der Waals surface area (Å²) in [5.41, 5.74) is 1.01. The summed E-state index contributed by atoms with van der Waals surface area (Å²) in [7, 11) is 0. The van der Waals surface area contributed by atoms with Crippen LogP contribution < -0.4 is 9.47 Å². The maximum absolute atomic E-state index is 12.6. The largest absolute Gasteiger partial charge is 0.489 e. The zero-order valence-electron chi connectivity index (χ0n) is 14.7. The van der Waals surface area contributed by atoms with E-state index in [-0.39, 0.29) is 23.6 Å². The number of amides is 1. The number of nitrogens with zero attached hydrogens (tertiary/aromatic N) is 1. The van der Waals surface area contributed by atoms with Gasteiger partial charge in [-0.15, -0.1) is 0 Å². The van der Waals surface area contributed by atoms with Gasteiger partial charge in [-0.2, -0.15) is 8.78 Å². The van der Waals surface area contributed by atoms with E-state index in [9.17, 15) is 13.6 Å². The summed E-state index contributed by atoms with van der Waals surface area (Å²) in [6.45, 7) is 1.98. The van der Waals surface area contributed by atoms with Crippen LogP contribution in [-0.4, -0.2) is 36.6 Å². The van der Waals surface area contributed by atoms with Crippen molar-refractivity contribution in [2.45, 2.75) is 58.1 Å². The average molecular weight is 353 g/mol. The number of carbonyl (C=O) groups is 1. The molecule has 3 rings (SSSR count). The summed E-state index contributed by atoms with van der Waals surface area (Å²) in [5, 5.41) is 0. The van der Waals surface area contributed by atoms with Crippen molar-refractivity contribution >= 4 is 5.91 Å². The standard InChI is InChI=1S/C19H25F2NO3/c1-3-16-8-15(10-22(16)12(2)23)14-6-7-17(25-19(20)21)18(9-14)24-11-13-4-5-13/h6-7,9,13,15-16,19H,3-5,8,10-11H2,1-2H3. The normalized spacial score (nSPS) is 23.2. The van der Waals surface area contributed by atoms with Crippen molar-refractivity contribution in [3.8, 4) is 11.5 Å². The lowest BCUT2D eigenvalue weighted by Gasteiger charge is -2.21. The molecule has 2 atom stereocenters. The second kappa shape index (κ2) is 7.58. The van der Waals surface area contributed by atoms with Gasteiger partial charge < -0.3 is 14.4 Å². The van der Waals surface area contributed by atoms with Crippen LogP contribution in [0.3, 0.4) is 0 Å². The number of likely N-dealkylation sites (tertiary alicyclic amines) is 1. The Bertz CT molecular complexity index is 619. The molecule has 0 radical (unpaired) electrons. The van der Waals surface area contributed by atoms with Gasteiger partial charge in [0.2, 0.25) is 5.91 Å². The Hall–Kier alpha value is -1.85. The number of ether oxygens (including phenoxy) is 2. The molecule has 0 spiro atoms. The van der Waals surface area contributed by atoms with Crippen molar-refractivity contribution in [1.29, 1.82) is 0 Å². The van der Waals surface area contributed by atoms with Crippen molar-refractivity contribution in [1.82, 2.24) is 4.90 Å². The molecule has 4 nitrogen and oxygen atoms in total. The average Bonchev–Trinajstić information content (AvgIpc) is 3.29. The molecular formula is C19H25F2NO3. The van der Waals surface area contributed by atoms with Crippen molar-refractivity contribution < 1.29 is 23.0 Å². The summed E-state index contributed by atoms with van der Waals surface area (Å²) in [5.74, 6) is 1.24. The van der Waals surface area contributed by atoms with Crippen LogP contribution in [0.1, 0.15) is 51.0 Å². The van der Waals surface area contributed by atoms with E-state index in [4.69, 9.17) is 4.74 Å². The molecule has 0 aromatic heterocycles. The predicted octanol–water partition coefficient (Wildman–Crippen LogP) is 4.19. The van der Waals surface area contributed by atoms with Gasteiger partial charge in [0.25, 0.3) is 0 Å². The summed E-state index contributed by atoms with van der Waals surface area (Å²) in [6, 6.07) is 5.40. The molecule has 2 aliphatic rings. The number of alkyl halides is 2. The molecular weight excluding hydrogens is 328 g/mol. The first-order valence-electron chi connectivity index (χ1n) is 8.96. The van der Waals surface area contributed by atoms with Gasteiger partial charge in [-0.05, 0) is 49.3 Å². The van der Waals surface area contributed by atoms with Crippen LogP contribution in [0.5, 0.6) is 11.5 Å². The first-order chi connectivity index (χ1) is 12.0. The second-order valence-corrected chi connectivity index (χ2v) is 7.01. The minimum atomic E-state index is -2.88. The molecule has 1 aromatic carbocycles. The minimum absolute atomic E-state index is 0.0767. The molecule has 0 bridgehead atoms. The quantitative estimate of drug-likeness (QED) is 0.738. The molecule has 2 unspecified atom stereocenters. The highest BCUT2D eigenvalue weighted by Gasteiger charge is 2.33. The lowest BCUT2D eigenvalue weighted by atomic mass is 9.95. The molecule has 138 valence electrons. The topological polar surface area (TPSA) is 38.8 Å². The van der Waals surface area contributed by atoms with Crippen LogP contribution in [0.25, 0.3) is 0 Å². The SMILES string of the molecule is CCC1CC(c2ccc(OC(F)F)c(OCC3CC3)c2)CN1C(C)=O. The molecule has 1 saturated carbocycles. The maximum atomic E-state index is 12.6. The summed E-state index contributed by atoms with van der Waals surface area (Å²) < 4.78 is 35.6. The number of hydrogen-bond acceptors (Lipinski definition) is 3. The van der Waals surface area contributed by atoms with Crippen molar-refractivity contribution in [2.75, 3.05) is 13.2 Å². The van der Waals surface area contributed by atoms with Gasteiger partial charge >= 0.3 is 6.61 Å². The van der Waals surface area contributed by atoms with Crippen LogP contribution >= 0.6 is 0 Å². The number of benzene rings is 1. The Labute approximate surface area is 147 Å². The van der Waals surface area contributed by atoms with E-state index < -0.39 is 6.61 Å². The van der Waals surface area contributed by atoms with Crippen LogP contribution in [0.2, 0.25) is 0 Å². The smallest absolute Gasteiger partial charge is 0.387 e. The Balaban J connectivity index is 1.78. The van der Waals surface area contributed by atoms with E-state index >= 15 is 0 Å². The molecule has 1 amide bonds. The Kier molecular flexibility index (Phi) is 5.45. The third-order valence-corrected chi connectivity index (χ3v) is 5.12. The predicted molar refractivity (Wildman–Crippen MR) is 90.1 cm³/mol. The fourth-order valence-electron chi connectivity index (χ4n) is 3.51. The van der Waals surface area contributed by atoms with Gasteiger partial charge in [-0.25, -0.2) is 0 Å². The summed E-state index contributed by atoms with van der Waals surface area (Å²) in [6.07, 6.45) is 4.04. The molecule has 1 heterocycles. The molecule has 2 fully saturated rings. The molecule has 1 aliphatic carbocycles. The minimum Gasteiger partial charge on any atom is -0.489 e. The van der Waals surface area contributed by atoms with E-state index in [0.717, 1.165) is 31.2 Å². The van der Waals surface area contributed by atoms with Crippen molar-refractivity contribution in [3.63, 3.8) is 0 Å². The number of halogens is 2. The van der Waals surface area contributed by atoms with Crippen LogP contribution in [0, 0.1) is 5.92 Å². The lowest BCUT2D eigenvalue weighted by Crippen LogP contribution is -2.33. The van der Waals surface area contributed by atoms with Gasteiger partial charge in [0, 0.05) is 25.4 Å². The van der Waals surface area contributed by atoms with Crippen molar-refractivity contribution in [3.05, 3.63) is 23.8 Å². The van der Waals surface area contributed by atoms with Gasteiger partial charge in [0.15, 0.2) is 11.5 Å². The monoisotopic (exact) mass is 353 g/mol. The third kappa shape index (κ3) is 4.41. The third-order valence-electron chi connectivity index (χ3n) is 5.12. The zero-order valence-corrected chi connectivity index (χ0v) is 14.7. The van der Waals surface area contributed by atoms with Crippen LogP contribution in [-0.2, 0) is 4.79 Å². The highest BCUT2D eigenvalue weighted by Crippen LogP contribution is 2.39. The highest BCUT2D eigenvalue weighted by atomic mass is 19.3. The van der Waals surface area contributed by atoms with E-state index in [2.05, 4.69) is 11.7 Å². The Morgan fingerprint density at radius 2 is 2.08 bits per heavy atom. The highest BCUT2D eigenvalue weighted by molar-refractivity contribution is 5.74. The van der Waals surface area contributed by atoms with Crippen LogP contribution in [0.4, 0.5) is 8.78 Å². The number of rotatable bonds is 7. The molecule has 1 saturated heterocycles. The fraction of sp³-hybridized carbons (Fsp3) is 0.632. The van der Waals surface area contributed by atoms with Gasteiger partial charge in [0.05, 0.1) is 6.61 Å². The number of hydrogen-bond donors (Lipinski definition) is 0. The zero-order chi connectivity index (χ0) is 18.0. The van der Waals surface area contributed by atoms with Gasteiger partial charge in [0.1, 0.15) is 0 Å². The Morgan fingerprint density at radius 1 is 1.32 bits per heavy atom. The van der Waals surface area contributed by atoms with E-state index in [1.807, 2.05) is 11.0 Å². The maximum Gasteiger partial charge on any atom is 0.387 e. The first-order valence-corrected chi connectivity index (χ1v) is 8.96. The van der Waals surface area contributed by atoms with E-state index in [1.165, 1.54) is 0 Å². The van der Waals surface area contributed by atoms with Gasteiger partial charge in [-0.1, -0.05) is 13.0 Å². The first kappa shape index (κ1) is 18.0. The van der Waals surface area contributed by atoms with Crippen LogP contribution in [0.15, 0.2) is 18.2 Å². The second-order valence-electron chi connectivity index (χ2n) is 7.01. The van der Waals surface area contributed by atoms with Crippen molar-refractivity contribution in [2.24, 2.45) is 5.92 Å². The molecule has 25 heavy (non-hydrogen) atoms. The van der Waals surface area contributed by atoms with E-state index in [1.54, 1.807) is 19.1 Å². The molecule has 1 aromatic rings. The fourth-order valence-corrected chi connectivity index (χ4v) is 3.51. The lowest BCUT2D eigenvalue weighted by molar-refractivity contribution is -0.129. The summed E-state index contributed by atoms with van der Waals surface area (Å²) >= 11 is 0. The Morgan fingerprint density at radius 3 is 2.64 bits per heavy atom. The number of carbonyl (C=O) groups excluding carboxylic acids is 1. The summed E-state index contributed by atoms with van der Waals surface area (Å²) in [4.78, 5) is 13.7. The molecule has 6 heteroatoms. The molecule has 0 N–H and O–H groups in total. The molecule has 1 aliphatic heterocycles. The van der Waals surface area contributed by atoms with Gasteiger partial charge in [-0.3, -0.25) is 4.79 Å². The van der Waals surface area contributed by atoms with E-state index in [0.29, 0.717) is 24.8 Å².